The Kier molecular flexibility index (Phi) is 6.15. The molecule has 2 N–H and O–H groups in total. The molecule has 0 radical (unpaired) electrons. The fourth-order valence-electron chi connectivity index (χ4n) is 3.76. The summed E-state index contributed by atoms with van der Waals surface area (Å²) in [4.78, 5) is 0. The molecular formula is C21H32BrNO3. The minimum Gasteiger partial charge on any atom is -0.390 e. The lowest BCUT2D eigenvalue weighted by Gasteiger charge is -2.48. The maximum Gasteiger partial charge on any atom is 0.168 e. The van der Waals surface area contributed by atoms with Crippen molar-refractivity contribution < 1.29 is 14.6 Å². The Morgan fingerprint density at radius 2 is 1.65 bits per heavy atom. The van der Waals surface area contributed by atoms with Gasteiger partial charge >= 0.3 is 0 Å². The lowest BCUT2D eigenvalue weighted by Crippen LogP contribution is -2.52. The quantitative estimate of drug-likeness (QED) is 0.725. The second-order valence-electron chi connectivity index (χ2n) is 8.85. The Morgan fingerprint density at radius 3 is 2.23 bits per heavy atom. The molecule has 1 atom stereocenters. The molecule has 0 aromatic heterocycles. The van der Waals surface area contributed by atoms with Crippen molar-refractivity contribution in [3.05, 3.63) is 34.3 Å². The minimum absolute atomic E-state index is 0.0894. The molecule has 0 bridgehead atoms. The van der Waals surface area contributed by atoms with Crippen molar-refractivity contribution >= 4 is 15.9 Å². The number of rotatable bonds is 5. The van der Waals surface area contributed by atoms with E-state index in [1.165, 1.54) is 5.56 Å². The van der Waals surface area contributed by atoms with E-state index in [2.05, 4.69) is 66.3 Å². The van der Waals surface area contributed by atoms with Crippen molar-refractivity contribution in [1.82, 2.24) is 5.32 Å². The molecule has 2 fully saturated rings. The highest BCUT2D eigenvalue weighted by Gasteiger charge is 2.46. The Labute approximate surface area is 165 Å². The van der Waals surface area contributed by atoms with Gasteiger partial charge in [-0.3, -0.25) is 0 Å². The van der Waals surface area contributed by atoms with Gasteiger partial charge in [0.1, 0.15) is 0 Å². The van der Waals surface area contributed by atoms with Crippen LogP contribution in [0.2, 0.25) is 0 Å². The van der Waals surface area contributed by atoms with Crippen molar-refractivity contribution in [3.8, 4) is 0 Å². The summed E-state index contributed by atoms with van der Waals surface area (Å²) in [5.74, 6) is -0.458. The minimum atomic E-state index is -0.614. The van der Waals surface area contributed by atoms with E-state index in [1.54, 1.807) is 0 Å². The SMILES string of the molecule is C[C@H](NCCC1(O)CCC2(CC1)OCC(C)(C)CO2)c1ccc(Br)cc1. The zero-order valence-electron chi connectivity index (χ0n) is 16.2. The van der Waals surface area contributed by atoms with Crippen LogP contribution in [0.25, 0.3) is 0 Å². The first kappa shape index (κ1) is 20.3. The summed E-state index contributed by atoms with van der Waals surface area (Å²) in [7, 11) is 0. The standard InChI is InChI=1S/C21H32BrNO3/c1-16(17-4-6-18(22)7-5-17)23-13-12-20(24)8-10-21(11-9-20)25-14-19(2,3)15-26-21/h4-7,16,23-24H,8-15H2,1-3H3/t16-/m0/s1. The number of ether oxygens (including phenoxy) is 2. The molecule has 3 rings (SSSR count). The number of aliphatic hydroxyl groups is 1. The van der Waals surface area contributed by atoms with Gasteiger partial charge in [0.2, 0.25) is 0 Å². The van der Waals surface area contributed by atoms with Gasteiger partial charge in [-0.25, -0.2) is 0 Å². The third kappa shape index (κ3) is 5.08. The largest absolute Gasteiger partial charge is 0.390 e. The zero-order chi connectivity index (χ0) is 18.8. The fraction of sp³-hybridized carbons (Fsp3) is 0.714. The molecule has 1 saturated heterocycles. The molecule has 0 amide bonds. The first-order chi connectivity index (χ1) is 12.2. The maximum atomic E-state index is 11.0. The third-order valence-electron chi connectivity index (χ3n) is 5.81. The lowest BCUT2D eigenvalue weighted by atomic mass is 9.78. The van der Waals surface area contributed by atoms with Crippen LogP contribution in [-0.4, -0.2) is 36.3 Å². The molecule has 0 unspecified atom stereocenters. The second-order valence-corrected chi connectivity index (χ2v) is 9.77. The Hall–Kier alpha value is -0.460. The zero-order valence-corrected chi connectivity index (χ0v) is 17.8. The highest BCUT2D eigenvalue weighted by Crippen LogP contribution is 2.43. The van der Waals surface area contributed by atoms with Crippen LogP contribution in [0.15, 0.2) is 28.7 Å². The van der Waals surface area contributed by atoms with Crippen molar-refractivity contribution in [2.24, 2.45) is 5.41 Å². The van der Waals surface area contributed by atoms with Gasteiger partial charge < -0.3 is 19.9 Å². The van der Waals surface area contributed by atoms with Crippen LogP contribution in [0.5, 0.6) is 0 Å². The summed E-state index contributed by atoms with van der Waals surface area (Å²) in [5, 5.41) is 14.5. The van der Waals surface area contributed by atoms with Gasteiger partial charge in [0, 0.05) is 28.8 Å². The molecule has 4 nitrogen and oxygen atoms in total. The molecule has 1 aromatic carbocycles. The lowest BCUT2D eigenvalue weighted by molar-refractivity contribution is -0.319. The first-order valence-electron chi connectivity index (χ1n) is 9.70. The van der Waals surface area contributed by atoms with Gasteiger partial charge in [0.25, 0.3) is 0 Å². The summed E-state index contributed by atoms with van der Waals surface area (Å²) in [6.45, 7) is 8.76. The second kappa shape index (κ2) is 7.88. The molecule has 5 heteroatoms. The van der Waals surface area contributed by atoms with E-state index in [0.29, 0.717) is 0 Å². The summed E-state index contributed by atoms with van der Waals surface area (Å²) in [6.07, 6.45) is 3.79. The van der Waals surface area contributed by atoms with E-state index < -0.39 is 11.4 Å². The molecule has 1 aliphatic heterocycles. The van der Waals surface area contributed by atoms with E-state index in [-0.39, 0.29) is 11.5 Å². The van der Waals surface area contributed by atoms with Crippen molar-refractivity contribution in [3.63, 3.8) is 0 Å². The van der Waals surface area contributed by atoms with Crippen LogP contribution in [-0.2, 0) is 9.47 Å². The van der Waals surface area contributed by atoms with Crippen LogP contribution < -0.4 is 5.32 Å². The number of hydrogen-bond acceptors (Lipinski definition) is 4. The van der Waals surface area contributed by atoms with Gasteiger partial charge in [-0.05, 0) is 50.4 Å². The van der Waals surface area contributed by atoms with E-state index in [9.17, 15) is 5.11 Å². The Bertz CT molecular complexity index is 582. The van der Waals surface area contributed by atoms with Gasteiger partial charge in [0.05, 0.1) is 18.8 Å². The smallest absolute Gasteiger partial charge is 0.168 e. The summed E-state index contributed by atoms with van der Waals surface area (Å²) >= 11 is 3.47. The average Bonchev–Trinajstić information content (AvgIpc) is 2.61. The van der Waals surface area contributed by atoms with E-state index in [4.69, 9.17) is 9.47 Å². The summed E-state index contributed by atoms with van der Waals surface area (Å²) in [5.41, 5.74) is 0.734. The highest BCUT2D eigenvalue weighted by atomic mass is 79.9. The van der Waals surface area contributed by atoms with E-state index in [0.717, 1.165) is 56.3 Å². The van der Waals surface area contributed by atoms with Crippen molar-refractivity contribution in [1.29, 1.82) is 0 Å². The predicted molar refractivity (Wildman–Crippen MR) is 107 cm³/mol. The van der Waals surface area contributed by atoms with Gasteiger partial charge in [-0.1, -0.05) is 41.9 Å². The first-order valence-corrected chi connectivity index (χ1v) is 10.5. The van der Waals surface area contributed by atoms with Crippen LogP contribution in [0.3, 0.4) is 0 Å². The molecule has 1 saturated carbocycles. The molecule has 1 aromatic rings. The topological polar surface area (TPSA) is 50.7 Å². The van der Waals surface area contributed by atoms with E-state index >= 15 is 0 Å². The van der Waals surface area contributed by atoms with Gasteiger partial charge in [-0.15, -0.1) is 0 Å². The van der Waals surface area contributed by atoms with Gasteiger partial charge in [0.15, 0.2) is 5.79 Å². The number of hydrogen-bond donors (Lipinski definition) is 2. The third-order valence-corrected chi connectivity index (χ3v) is 6.33. The molecule has 1 spiro atoms. The fourth-order valence-corrected chi connectivity index (χ4v) is 4.03. The summed E-state index contributed by atoms with van der Waals surface area (Å²) < 4.78 is 13.2. The molecule has 1 heterocycles. The number of benzene rings is 1. The highest BCUT2D eigenvalue weighted by molar-refractivity contribution is 9.10. The van der Waals surface area contributed by atoms with Crippen LogP contribution >= 0.6 is 15.9 Å². The molecule has 26 heavy (non-hydrogen) atoms. The van der Waals surface area contributed by atoms with Crippen LogP contribution in [0.4, 0.5) is 0 Å². The Morgan fingerprint density at radius 1 is 1.08 bits per heavy atom. The van der Waals surface area contributed by atoms with Gasteiger partial charge in [-0.2, -0.15) is 0 Å². The normalized spacial score (nSPS) is 25.1. The molecule has 1 aliphatic carbocycles. The Balaban J connectivity index is 1.44. The number of halogens is 1. The van der Waals surface area contributed by atoms with Crippen molar-refractivity contribution in [2.75, 3.05) is 19.8 Å². The van der Waals surface area contributed by atoms with Crippen LogP contribution in [0.1, 0.15) is 64.5 Å². The molecule has 146 valence electrons. The van der Waals surface area contributed by atoms with Crippen LogP contribution in [0, 0.1) is 5.41 Å². The molecule has 2 aliphatic rings. The molecular weight excluding hydrogens is 394 g/mol. The maximum absolute atomic E-state index is 11.0. The number of nitrogens with one attached hydrogen (secondary N) is 1. The predicted octanol–water partition coefficient (Wildman–Crippen LogP) is 4.56. The summed E-state index contributed by atoms with van der Waals surface area (Å²) in [6, 6.07) is 8.65. The average molecular weight is 426 g/mol. The monoisotopic (exact) mass is 425 g/mol. The van der Waals surface area contributed by atoms with E-state index in [1.807, 2.05) is 0 Å². The van der Waals surface area contributed by atoms with Crippen molar-refractivity contribution in [2.45, 2.75) is 70.3 Å².